The highest BCUT2D eigenvalue weighted by atomic mass is 16.4. The molecule has 0 fully saturated rings. The van der Waals surface area contributed by atoms with E-state index in [-0.39, 0.29) is 28.5 Å². The van der Waals surface area contributed by atoms with Gasteiger partial charge in [0.2, 0.25) is 5.78 Å². The quantitative estimate of drug-likeness (QED) is 0.384. The number of aryl methyl sites for hydroxylation is 2. The minimum atomic E-state index is -1.05. The SMILES string of the molecule is CC1=NC(c2ccc(C)c(C)c2)C(=O)/C1=N\Nc1cccc(-c2cccc(C(=O)O)c2)c1O. The van der Waals surface area contributed by atoms with Crippen molar-refractivity contribution in [2.24, 2.45) is 10.1 Å². The zero-order chi connectivity index (χ0) is 23.7. The molecule has 0 aromatic heterocycles. The molecule has 166 valence electrons. The number of nitrogens with zero attached hydrogens (tertiary/aromatic N) is 2. The minimum Gasteiger partial charge on any atom is -0.505 e. The number of carboxylic acids is 1. The zero-order valence-corrected chi connectivity index (χ0v) is 18.5. The lowest BCUT2D eigenvalue weighted by molar-refractivity contribution is -0.113. The third kappa shape index (κ3) is 4.25. The van der Waals surface area contributed by atoms with E-state index in [1.165, 1.54) is 12.1 Å². The van der Waals surface area contributed by atoms with Gasteiger partial charge in [0.25, 0.3) is 0 Å². The Hall–Kier alpha value is -4.26. The molecule has 1 aliphatic heterocycles. The molecule has 0 saturated carbocycles. The van der Waals surface area contributed by atoms with Crippen molar-refractivity contribution in [2.45, 2.75) is 26.8 Å². The first kappa shape index (κ1) is 22.0. The highest BCUT2D eigenvalue weighted by Crippen LogP contribution is 2.36. The van der Waals surface area contributed by atoms with Gasteiger partial charge in [-0.2, -0.15) is 5.10 Å². The number of rotatable bonds is 5. The van der Waals surface area contributed by atoms with Gasteiger partial charge in [0.05, 0.1) is 17.0 Å². The number of benzene rings is 3. The Labute approximate surface area is 191 Å². The molecule has 0 aliphatic carbocycles. The number of ketones is 1. The predicted octanol–water partition coefficient (Wildman–Crippen LogP) is 4.93. The van der Waals surface area contributed by atoms with E-state index >= 15 is 0 Å². The Bertz CT molecular complexity index is 1340. The molecule has 0 spiro atoms. The molecule has 1 aliphatic rings. The van der Waals surface area contributed by atoms with Crippen LogP contribution in [0.2, 0.25) is 0 Å². The topological polar surface area (TPSA) is 111 Å². The summed E-state index contributed by atoms with van der Waals surface area (Å²) < 4.78 is 0. The van der Waals surface area contributed by atoms with Gasteiger partial charge in [-0.1, -0.05) is 42.5 Å². The van der Waals surface area contributed by atoms with Crippen LogP contribution in [-0.2, 0) is 4.79 Å². The number of carbonyl (C=O) groups is 2. The Morgan fingerprint density at radius 2 is 1.76 bits per heavy atom. The molecule has 0 radical (unpaired) electrons. The first-order chi connectivity index (χ1) is 15.8. The lowest BCUT2D eigenvalue weighted by atomic mass is 9.98. The molecule has 3 aromatic rings. The summed E-state index contributed by atoms with van der Waals surface area (Å²) in [6.45, 7) is 5.74. The fourth-order valence-electron chi connectivity index (χ4n) is 3.72. The Morgan fingerprint density at radius 3 is 2.48 bits per heavy atom. The molecule has 0 amide bonds. The summed E-state index contributed by atoms with van der Waals surface area (Å²) in [4.78, 5) is 28.8. The molecule has 7 heteroatoms. The van der Waals surface area contributed by atoms with Crippen LogP contribution < -0.4 is 5.43 Å². The smallest absolute Gasteiger partial charge is 0.335 e. The number of Topliss-reactive ketones (excluding diaryl/α,β-unsaturated/α-hetero) is 1. The number of nitrogens with one attached hydrogen (secondary N) is 1. The highest BCUT2D eigenvalue weighted by molar-refractivity contribution is 6.70. The van der Waals surface area contributed by atoms with Crippen LogP contribution in [0.4, 0.5) is 5.69 Å². The van der Waals surface area contributed by atoms with E-state index in [1.807, 2.05) is 32.0 Å². The summed E-state index contributed by atoms with van der Waals surface area (Å²) in [5.74, 6) is -1.37. The normalized spacial score (nSPS) is 16.7. The van der Waals surface area contributed by atoms with Crippen LogP contribution in [0.3, 0.4) is 0 Å². The standard InChI is InChI=1S/C26H23N3O4/c1-14-10-11-18(12-15(14)2)23-25(31)22(16(3)27-23)29-28-21-9-5-8-20(24(21)30)17-6-4-7-19(13-17)26(32)33/h4-13,23,28,30H,1-3H3,(H,32,33)/b29-22-. The number of phenols is 1. The van der Waals surface area contributed by atoms with E-state index in [0.717, 1.165) is 16.7 Å². The number of aliphatic imine (C=N–C) groups is 1. The van der Waals surface area contributed by atoms with Gasteiger partial charge in [0.1, 0.15) is 17.5 Å². The number of aromatic hydroxyl groups is 1. The third-order valence-electron chi connectivity index (χ3n) is 5.74. The van der Waals surface area contributed by atoms with Crippen molar-refractivity contribution in [3.05, 3.63) is 82.9 Å². The number of carbonyl (C=O) groups excluding carboxylic acids is 1. The fraction of sp³-hybridized carbons (Fsp3) is 0.154. The van der Waals surface area contributed by atoms with Gasteiger partial charge in [0.15, 0.2) is 0 Å². The molecule has 4 rings (SSSR count). The number of hydrazone groups is 1. The van der Waals surface area contributed by atoms with E-state index in [2.05, 4.69) is 15.5 Å². The van der Waals surface area contributed by atoms with Crippen LogP contribution in [0.25, 0.3) is 11.1 Å². The number of carboxylic acid groups (broad SMARTS) is 1. The van der Waals surface area contributed by atoms with Gasteiger partial charge in [-0.15, -0.1) is 0 Å². The second-order valence-electron chi connectivity index (χ2n) is 7.98. The molecular weight excluding hydrogens is 418 g/mol. The number of hydrogen-bond donors (Lipinski definition) is 3. The highest BCUT2D eigenvalue weighted by Gasteiger charge is 2.33. The van der Waals surface area contributed by atoms with Gasteiger partial charge < -0.3 is 10.2 Å². The predicted molar refractivity (Wildman–Crippen MR) is 128 cm³/mol. The molecule has 0 saturated heterocycles. The van der Waals surface area contributed by atoms with Crippen molar-refractivity contribution in [1.82, 2.24) is 0 Å². The lowest BCUT2D eigenvalue weighted by Crippen LogP contribution is -2.20. The number of hydrogen-bond acceptors (Lipinski definition) is 6. The third-order valence-corrected chi connectivity index (χ3v) is 5.74. The fourth-order valence-corrected chi connectivity index (χ4v) is 3.72. The second kappa shape index (κ2) is 8.70. The second-order valence-corrected chi connectivity index (χ2v) is 7.98. The summed E-state index contributed by atoms with van der Waals surface area (Å²) >= 11 is 0. The monoisotopic (exact) mass is 441 g/mol. The van der Waals surface area contributed by atoms with E-state index < -0.39 is 12.0 Å². The number of para-hydroxylation sites is 1. The molecule has 0 bridgehead atoms. The maximum atomic E-state index is 13.0. The Balaban J connectivity index is 1.61. The number of phenolic OH excluding ortho intramolecular Hbond substituents is 1. The average molecular weight is 441 g/mol. The zero-order valence-electron chi connectivity index (χ0n) is 18.5. The van der Waals surface area contributed by atoms with E-state index in [4.69, 9.17) is 0 Å². The van der Waals surface area contributed by atoms with E-state index in [0.29, 0.717) is 16.8 Å². The van der Waals surface area contributed by atoms with Crippen molar-refractivity contribution in [3.63, 3.8) is 0 Å². The van der Waals surface area contributed by atoms with Crippen LogP contribution in [0, 0.1) is 13.8 Å². The number of anilines is 1. The first-order valence-electron chi connectivity index (χ1n) is 10.4. The molecular formula is C26H23N3O4. The van der Waals surface area contributed by atoms with Crippen LogP contribution in [0.5, 0.6) is 5.75 Å². The molecule has 1 unspecified atom stereocenters. The molecule has 33 heavy (non-hydrogen) atoms. The minimum absolute atomic E-state index is 0.102. The maximum Gasteiger partial charge on any atom is 0.335 e. The van der Waals surface area contributed by atoms with E-state index in [9.17, 15) is 19.8 Å². The van der Waals surface area contributed by atoms with Gasteiger partial charge in [-0.25, -0.2) is 4.79 Å². The first-order valence-corrected chi connectivity index (χ1v) is 10.4. The average Bonchev–Trinajstić information content (AvgIpc) is 3.08. The van der Waals surface area contributed by atoms with Crippen LogP contribution in [0.1, 0.15) is 40.0 Å². The van der Waals surface area contributed by atoms with Gasteiger partial charge in [-0.3, -0.25) is 15.2 Å². The maximum absolute atomic E-state index is 13.0. The summed E-state index contributed by atoms with van der Waals surface area (Å²) in [5.41, 5.74) is 7.94. The Morgan fingerprint density at radius 1 is 1.00 bits per heavy atom. The van der Waals surface area contributed by atoms with Crippen LogP contribution >= 0.6 is 0 Å². The largest absolute Gasteiger partial charge is 0.505 e. The summed E-state index contributed by atoms with van der Waals surface area (Å²) in [7, 11) is 0. The van der Waals surface area contributed by atoms with Gasteiger partial charge >= 0.3 is 5.97 Å². The van der Waals surface area contributed by atoms with Crippen molar-refractivity contribution in [3.8, 4) is 16.9 Å². The molecule has 1 atom stereocenters. The summed E-state index contributed by atoms with van der Waals surface area (Å²) in [6, 6.07) is 16.5. The van der Waals surface area contributed by atoms with Crippen molar-refractivity contribution in [1.29, 1.82) is 0 Å². The summed E-state index contributed by atoms with van der Waals surface area (Å²) in [6.07, 6.45) is 0. The molecule has 3 aromatic carbocycles. The lowest BCUT2D eigenvalue weighted by Gasteiger charge is -2.11. The van der Waals surface area contributed by atoms with Gasteiger partial charge in [0, 0.05) is 5.56 Å². The number of aromatic carboxylic acids is 1. The Kier molecular flexibility index (Phi) is 5.79. The van der Waals surface area contributed by atoms with Crippen molar-refractivity contribution >= 4 is 28.9 Å². The van der Waals surface area contributed by atoms with Crippen LogP contribution in [0.15, 0.2) is 70.8 Å². The molecule has 3 N–H and O–H groups in total. The van der Waals surface area contributed by atoms with Crippen molar-refractivity contribution in [2.75, 3.05) is 5.43 Å². The van der Waals surface area contributed by atoms with Crippen LogP contribution in [-0.4, -0.2) is 33.4 Å². The van der Waals surface area contributed by atoms with Crippen molar-refractivity contribution < 1.29 is 19.8 Å². The molecule has 7 nitrogen and oxygen atoms in total. The van der Waals surface area contributed by atoms with E-state index in [1.54, 1.807) is 37.3 Å². The molecule has 1 heterocycles. The van der Waals surface area contributed by atoms with Gasteiger partial charge in [-0.05, 0) is 61.2 Å². The summed E-state index contributed by atoms with van der Waals surface area (Å²) in [5, 5.41) is 24.2.